The monoisotopic (exact) mass is 350 g/mol. The van der Waals surface area contributed by atoms with E-state index in [0.717, 1.165) is 12.1 Å². The predicted octanol–water partition coefficient (Wildman–Crippen LogP) is -0.626. The SMILES string of the molecule is CC(CS(=O)[O-])C(=O)[O-].[NH3+]C1CCCCC1.[NH3+]C1CCCCC1. The van der Waals surface area contributed by atoms with Crippen molar-refractivity contribution >= 4 is 17.0 Å². The number of carbonyl (C=O) groups excluding carboxylic acids is 1. The van der Waals surface area contributed by atoms with E-state index in [0.29, 0.717) is 0 Å². The summed E-state index contributed by atoms with van der Waals surface area (Å²) >= 11 is -2.29. The topological polar surface area (TPSA) is 136 Å². The van der Waals surface area contributed by atoms with Crippen LogP contribution in [-0.2, 0) is 15.9 Å². The molecule has 0 aromatic heterocycles. The quantitative estimate of drug-likeness (QED) is 0.655. The van der Waals surface area contributed by atoms with Crippen LogP contribution in [0.15, 0.2) is 0 Å². The van der Waals surface area contributed by atoms with Crippen LogP contribution in [0, 0.1) is 5.92 Å². The fraction of sp³-hybridized carbons (Fsp3) is 0.938. The van der Waals surface area contributed by atoms with E-state index in [9.17, 15) is 18.7 Å². The minimum atomic E-state index is -2.29. The van der Waals surface area contributed by atoms with E-state index in [4.69, 9.17) is 0 Å². The van der Waals surface area contributed by atoms with Crippen molar-refractivity contribution in [1.29, 1.82) is 0 Å². The lowest BCUT2D eigenvalue weighted by Gasteiger charge is -2.13. The Labute approximate surface area is 142 Å². The summed E-state index contributed by atoms with van der Waals surface area (Å²) in [6.07, 6.45) is 14.1. The normalized spacial score (nSPS) is 21.9. The summed E-state index contributed by atoms with van der Waals surface area (Å²) in [4.78, 5) is 9.85. The first-order chi connectivity index (χ1) is 10.8. The number of carboxylic acids is 1. The van der Waals surface area contributed by atoms with Crippen LogP contribution in [0.4, 0.5) is 0 Å². The molecule has 0 saturated heterocycles. The molecule has 7 heteroatoms. The Bertz CT molecular complexity index is 314. The number of rotatable bonds is 3. The highest BCUT2D eigenvalue weighted by Gasteiger charge is 2.10. The van der Waals surface area contributed by atoms with Crippen LogP contribution < -0.4 is 16.6 Å². The van der Waals surface area contributed by atoms with Gasteiger partial charge in [0.2, 0.25) is 0 Å². The molecule has 2 saturated carbocycles. The number of carbonyl (C=O) groups is 1. The molecule has 0 heterocycles. The van der Waals surface area contributed by atoms with Crippen LogP contribution in [0.5, 0.6) is 0 Å². The first kappa shape index (κ1) is 22.5. The first-order valence-corrected chi connectivity index (χ1v) is 10.00. The van der Waals surface area contributed by atoms with Gasteiger partial charge in [0, 0.05) is 17.6 Å². The van der Waals surface area contributed by atoms with Gasteiger partial charge in [0.05, 0.1) is 12.1 Å². The third-order valence-electron chi connectivity index (χ3n) is 4.24. The molecular formula is C16H34N2O4S. The molecule has 0 radical (unpaired) electrons. The van der Waals surface area contributed by atoms with Gasteiger partial charge < -0.3 is 25.9 Å². The number of carboxylic acid groups (broad SMARTS) is 1. The van der Waals surface area contributed by atoms with Gasteiger partial charge in [-0.3, -0.25) is 4.21 Å². The second-order valence-electron chi connectivity index (χ2n) is 6.70. The van der Waals surface area contributed by atoms with Crippen LogP contribution >= 0.6 is 0 Å². The number of aliphatic carboxylic acids is 1. The molecule has 2 aliphatic carbocycles. The van der Waals surface area contributed by atoms with Gasteiger partial charge in [-0.2, -0.15) is 0 Å². The molecule has 0 spiro atoms. The zero-order valence-electron chi connectivity index (χ0n) is 14.5. The van der Waals surface area contributed by atoms with Crippen molar-refractivity contribution in [2.45, 2.75) is 83.2 Å². The summed E-state index contributed by atoms with van der Waals surface area (Å²) in [6, 6.07) is 1.57. The van der Waals surface area contributed by atoms with Crippen LogP contribution in [0.3, 0.4) is 0 Å². The standard InChI is InChI=1S/2C6H13N.C4H8O4S/c2*7-6-4-2-1-3-5-6;1-3(4(5)6)2-9(7)8/h2*6H,1-5,7H2;3H,2H2,1H3,(H,5,6)(H,7,8). The van der Waals surface area contributed by atoms with E-state index in [1.54, 1.807) is 0 Å². The molecule has 2 fully saturated rings. The Morgan fingerprint density at radius 2 is 1.35 bits per heavy atom. The second-order valence-corrected chi connectivity index (χ2v) is 7.64. The molecule has 23 heavy (non-hydrogen) atoms. The Balaban J connectivity index is 0.000000318. The van der Waals surface area contributed by atoms with Gasteiger partial charge in [0.25, 0.3) is 0 Å². The lowest BCUT2D eigenvalue weighted by atomic mass is 9.97. The maximum absolute atomic E-state index is 9.85. The molecule has 2 rings (SSSR count). The summed E-state index contributed by atoms with van der Waals surface area (Å²) in [6.45, 7) is 1.28. The highest BCUT2D eigenvalue weighted by Crippen LogP contribution is 2.14. The van der Waals surface area contributed by atoms with E-state index >= 15 is 0 Å². The van der Waals surface area contributed by atoms with Gasteiger partial charge >= 0.3 is 0 Å². The molecule has 0 amide bonds. The van der Waals surface area contributed by atoms with Gasteiger partial charge in [-0.25, -0.2) is 0 Å². The second kappa shape index (κ2) is 13.9. The number of quaternary nitrogens is 2. The van der Waals surface area contributed by atoms with Crippen LogP contribution in [0.1, 0.15) is 71.1 Å². The lowest BCUT2D eigenvalue weighted by molar-refractivity contribution is -0.425. The summed E-state index contributed by atoms with van der Waals surface area (Å²) in [7, 11) is 0. The van der Waals surface area contributed by atoms with Crippen molar-refractivity contribution in [2.24, 2.45) is 5.92 Å². The first-order valence-electron chi connectivity index (χ1n) is 8.75. The van der Waals surface area contributed by atoms with Gasteiger partial charge in [-0.05, 0) is 51.4 Å². The third kappa shape index (κ3) is 14.8. The number of hydrogen-bond acceptors (Lipinski definition) is 4. The molecule has 0 bridgehead atoms. The molecule has 2 aliphatic rings. The van der Waals surface area contributed by atoms with Gasteiger partial charge in [-0.15, -0.1) is 0 Å². The largest absolute Gasteiger partial charge is 0.772 e. The summed E-state index contributed by atoms with van der Waals surface area (Å²) in [5, 5.41) is 9.85. The third-order valence-corrected chi connectivity index (χ3v) is 5.01. The molecular weight excluding hydrogens is 316 g/mol. The summed E-state index contributed by atoms with van der Waals surface area (Å²) in [5.41, 5.74) is 8.00. The van der Waals surface area contributed by atoms with E-state index in [1.807, 2.05) is 0 Å². The highest BCUT2D eigenvalue weighted by molar-refractivity contribution is 7.79. The maximum atomic E-state index is 9.85. The Kier molecular flexibility index (Phi) is 13.6. The maximum Gasteiger partial charge on any atom is 0.0843 e. The molecule has 0 aliphatic heterocycles. The van der Waals surface area contributed by atoms with Crippen molar-refractivity contribution in [2.75, 3.05) is 5.75 Å². The van der Waals surface area contributed by atoms with Crippen molar-refractivity contribution in [3.63, 3.8) is 0 Å². The highest BCUT2D eigenvalue weighted by atomic mass is 32.2. The van der Waals surface area contributed by atoms with E-state index < -0.39 is 23.0 Å². The minimum Gasteiger partial charge on any atom is -0.772 e. The van der Waals surface area contributed by atoms with E-state index in [1.165, 1.54) is 71.1 Å². The lowest BCUT2D eigenvalue weighted by Crippen LogP contribution is -2.61. The number of hydrogen-bond donors (Lipinski definition) is 2. The zero-order valence-corrected chi connectivity index (χ0v) is 15.3. The molecule has 2 atom stereocenters. The smallest absolute Gasteiger partial charge is 0.0843 e. The van der Waals surface area contributed by atoms with Crippen LogP contribution in [0.25, 0.3) is 0 Å². The molecule has 0 aromatic carbocycles. The fourth-order valence-electron chi connectivity index (χ4n) is 2.65. The van der Waals surface area contributed by atoms with Gasteiger partial charge in [-0.1, -0.05) is 30.8 Å². The molecule has 6 nitrogen and oxygen atoms in total. The van der Waals surface area contributed by atoms with Gasteiger partial charge in [0.1, 0.15) is 0 Å². The Morgan fingerprint density at radius 3 is 1.48 bits per heavy atom. The zero-order chi connectivity index (χ0) is 17.7. The minimum absolute atomic E-state index is 0.373. The van der Waals surface area contributed by atoms with E-state index in [-0.39, 0.29) is 5.75 Å². The van der Waals surface area contributed by atoms with E-state index in [2.05, 4.69) is 11.5 Å². The van der Waals surface area contributed by atoms with Crippen molar-refractivity contribution in [1.82, 2.24) is 0 Å². The Hall–Kier alpha value is -0.500. The van der Waals surface area contributed by atoms with Crippen molar-refractivity contribution in [3.05, 3.63) is 0 Å². The van der Waals surface area contributed by atoms with Crippen LogP contribution in [0.2, 0.25) is 0 Å². The summed E-state index contributed by atoms with van der Waals surface area (Å²) in [5.74, 6) is -2.62. The predicted molar refractivity (Wildman–Crippen MR) is 87.5 cm³/mol. The molecule has 0 aromatic rings. The molecule has 2 unspecified atom stereocenters. The Morgan fingerprint density at radius 1 is 1.00 bits per heavy atom. The molecule has 138 valence electrons. The summed E-state index contributed by atoms with van der Waals surface area (Å²) < 4.78 is 19.6. The van der Waals surface area contributed by atoms with Crippen molar-refractivity contribution < 1.29 is 30.1 Å². The average molecular weight is 351 g/mol. The fourth-order valence-corrected chi connectivity index (χ4v) is 3.19. The average Bonchev–Trinajstić information content (AvgIpc) is 2.49. The van der Waals surface area contributed by atoms with Crippen LogP contribution in [-0.4, -0.2) is 32.6 Å². The molecule has 6 N–H and O–H groups in total. The van der Waals surface area contributed by atoms with Gasteiger partial charge in [0.15, 0.2) is 0 Å². The van der Waals surface area contributed by atoms with Crippen molar-refractivity contribution in [3.8, 4) is 0 Å².